The van der Waals surface area contributed by atoms with Crippen LogP contribution in [0.5, 0.6) is 0 Å². The van der Waals surface area contributed by atoms with Crippen LogP contribution in [0.4, 0.5) is 5.82 Å². The van der Waals surface area contributed by atoms with Crippen molar-refractivity contribution < 1.29 is 9.53 Å². The second-order valence-corrected chi connectivity index (χ2v) is 5.68. The van der Waals surface area contributed by atoms with Crippen molar-refractivity contribution in [2.24, 2.45) is 0 Å². The van der Waals surface area contributed by atoms with E-state index in [4.69, 9.17) is 4.74 Å². The lowest BCUT2D eigenvalue weighted by Crippen LogP contribution is -2.42. The van der Waals surface area contributed by atoms with Crippen LogP contribution in [0.1, 0.15) is 31.1 Å². The highest BCUT2D eigenvalue weighted by Crippen LogP contribution is 2.19. The summed E-state index contributed by atoms with van der Waals surface area (Å²) < 4.78 is 5.33. The lowest BCUT2D eigenvalue weighted by Gasteiger charge is -2.29. The third-order valence-corrected chi connectivity index (χ3v) is 2.83. The number of pyridine rings is 1. The zero-order valence-electron chi connectivity index (χ0n) is 11.8. The molecule has 0 bridgehead atoms. The van der Waals surface area contributed by atoms with Crippen molar-refractivity contribution >= 4 is 11.7 Å². The molecule has 1 amide bonds. The van der Waals surface area contributed by atoms with Crippen molar-refractivity contribution in [2.45, 2.75) is 26.3 Å². The van der Waals surface area contributed by atoms with Crippen LogP contribution in [-0.4, -0.2) is 42.7 Å². The number of morpholine rings is 1. The van der Waals surface area contributed by atoms with E-state index in [-0.39, 0.29) is 11.4 Å². The second-order valence-electron chi connectivity index (χ2n) is 5.68. The monoisotopic (exact) mass is 263 g/mol. The van der Waals surface area contributed by atoms with Crippen molar-refractivity contribution in [2.75, 3.05) is 31.2 Å². The molecule has 0 aliphatic carbocycles. The minimum absolute atomic E-state index is 0.0814. The Morgan fingerprint density at radius 3 is 2.68 bits per heavy atom. The lowest BCUT2D eigenvalue weighted by molar-refractivity contribution is 0.0917. The van der Waals surface area contributed by atoms with Gasteiger partial charge in [0.1, 0.15) is 5.82 Å². The molecule has 104 valence electrons. The molecule has 1 aromatic rings. The summed E-state index contributed by atoms with van der Waals surface area (Å²) in [5, 5.41) is 2.98. The maximum Gasteiger partial charge on any atom is 0.255 e. The standard InChI is InChI=1S/C14H21N3O2/c1-14(2,3)16-13(18)11-5-4-6-15-12(11)17-7-9-19-10-8-17/h4-6H,7-10H2,1-3H3,(H,16,18). The zero-order chi connectivity index (χ0) is 13.9. The maximum absolute atomic E-state index is 12.3. The Morgan fingerprint density at radius 1 is 1.37 bits per heavy atom. The SMILES string of the molecule is CC(C)(C)NC(=O)c1cccnc1N1CCOCC1. The van der Waals surface area contributed by atoms with E-state index in [9.17, 15) is 4.79 Å². The number of nitrogens with zero attached hydrogens (tertiary/aromatic N) is 2. The molecule has 1 fully saturated rings. The number of rotatable bonds is 2. The normalized spacial score (nSPS) is 16.3. The molecular weight excluding hydrogens is 242 g/mol. The Kier molecular flexibility index (Phi) is 4.04. The summed E-state index contributed by atoms with van der Waals surface area (Å²) in [4.78, 5) is 18.8. The third kappa shape index (κ3) is 3.67. The number of nitrogens with one attached hydrogen (secondary N) is 1. The molecule has 19 heavy (non-hydrogen) atoms. The molecule has 1 aliphatic rings. The van der Waals surface area contributed by atoms with Crippen LogP contribution in [0.25, 0.3) is 0 Å². The number of carbonyl (C=O) groups is 1. The van der Waals surface area contributed by atoms with Gasteiger partial charge in [-0.05, 0) is 32.9 Å². The van der Waals surface area contributed by atoms with Crippen LogP contribution in [0.3, 0.4) is 0 Å². The fraction of sp³-hybridized carbons (Fsp3) is 0.571. The first-order valence-electron chi connectivity index (χ1n) is 6.57. The number of hydrogen-bond donors (Lipinski definition) is 1. The van der Waals surface area contributed by atoms with E-state index in [1.807, 2.05) is 26.8 Å². The Bertz CT molecular complexity index is 448. The third-order valence-electron chi connectivity index (χ3n) is 2.83. The molecular formula is C14H21N3O2. The van der Waals surface area contributed by atoms with E-state index >= 15 is 0 Å². The van der Waals surface area contributed by atoms with Gasteiger partial charge >= 0.3 is 0 Å². The van der Waals surface area contributed by atoms with Gasteiger partial charge in [0.05, 0.1) is 18.8 Å². The van der Waals surface area contributed by atoms with Crippen molar-refractivity contribution in [3.05, 3.63) is 23.9 Å². The van der Waals surface area contributed by atoms with Crippen LogP contribution in [-0.2, 0) is 4.74 Å². The number of anilines is 1. The van der Waals surface area contributed by atoms with Crippen molar-refractivity contribution in [3.63, 3.8) is 0 Å². The summed E-state index contributed by atoms with van der Waals surface area (Å²) >= 11 is 0. The van der Waals surface area contributed by atoms with Gasteiger partial charge in [-0.15, -0.1) is 0 Å². The molecule has 5 nitrogen and oxygen atoms in total. The summed E-state index contributed by atoms with van der Waals surface area (Å²) in [6.07, 6.45) is 1.72. The maximum atomic E-state index is 12.3. The topological polar surface area (TPSA) is 54.5 Å². The van der Waals surface area contributed by atoms with E-state index in [1.54, 1.807) is 12.3 Å². The number of hydrogen-bond acceptors (Lipinski definition) is 4. The average molecular weight is 263 g/mol. The molecule has 2 heterocycles. The molecule has 2 rings (SSSR count). The van der Waals surface area contributed by atoms with Crippen LogP contribution in [0.15, 0.2) is 18.3 Å². The number of amides is 1. The van der Waals surface area contributed by atoms with Crippen molar-refractivity contribution in [1.82, 2.24) is 10.3 Å². The Balaban J connectivity index is 2.22. The summed E-state index contributed by atoms with van der Waals surface area (Å²) in [7, 11) is 0. The molecule has 1 saturated heterocycles. The summed E-state index contributed by atoms with van der Waals surface area (Å²) in [5.41, 5.74) is 0.370. The fourth-order valence-corrected chi connectivity index (χ4v) is 2.01. The molecule has 0 unspecified atom stereocenters. The van der Waals surface area contributed by atoms with E-state index < -0.39 is 0 Å². The summed E-state index contributed by atoms with van der Waals surface area (Å²) in [5.74, 6) is 0.662. The lowest BCUT2D eigenvalue weighted by atomic mass is 10.1. The Hall–Kier alpha value is -1.62. The Labute approximate surface area is 114 Å². The number of carbonyl (C=O) groups excluding carboxylic acids is 1. The van der Waals surface area contributed by atoms with Gasteiger partial charge < -0.3 is 15.0 Å². The van der Waals surface area contributed by atoms with Gasteiger partial charge in [0, 0.05) is 24.8 Å². The minimum Gasteiger partial charge on any atom is -0.378 e. The second kappa shape index (κ2) is 5.57. The molecule has 1 aliphatic heterocycles. The van der Waals surface area contributed by atoms with Crippen LogP contribution < -0.4 is 10.2 Å². The first kappa shape index (κ1) is 13.8. The van der Waals surface area contributed by atoms with Gasteiger partial charge in [0.15, 0.2) is 0 Å². The van der Waals surface area contributed by atoms with Gasteiger partial charge in [-0.25, -0.2) is 4.98 Å². The first-order valence-corrected chi connectivity index (χ1v) is 6.57. The molecule has 1 aromatic heterocycles. The van der Waals surface area contributed by atoms with E-state index in [1.165, 1.54) is 0 Å². The summed E-state index contributed by atoms with van der Waals surface area (Å²) in [6.45, 7) is 8.80. The highest BCUT2D eigenvalue weighted by Gasteiger charge is 2.22. The quantitative estimate of drug-likeness (QED) is 0.877. The molecule has 0 spiro atoms. The predicted molar refractivity (Wildman–Crippen MR) is 74.5 cm³/mol. The fourth-order valence-electron chi connectivity index (χ4n) is 2.01. The van der Waals surface area contributed by atoms with Crippen molar-refractivity contribution in [3.8, 4) is 0 Å². The van der Waals surface area contributed by atoms with E-state index in [0.29, 0.717) is 18.8 Å². The van der Waals surface area contributed by atoms with Crippen LogP contribution in [0, 0.1) is 0 Å². The van der Waals surface area contributed by atoms with Gasteiger partial charge in [0.2, 0.25) is 0 Å². The van der Waals surface area contributed by atoms with E-state index in [2.05, 4.69) is 15.2 Å². The molecule has 1 N–H and O–H groups in total. The number of aromatic nitrogens is 1. The van der Waals surface area contributed by atoms with E-state index in [0.717, 1.165) is 18.9 Å². The molecule has 0 aromatic carbocycles. The average Bonchev–Trinajstić information content (AvgIpc) is 2.38. The zero-order valence-corrected chi connectivity index (χ0v) is 11.8. The van der Waals surface area contributed by atoms with Gasteiger partial charge in [-0.2, -0.15) is 0 Å². The number of ether oxygens (including phenoxy) is 1. The highest BCUT2D eigenvalue weighted by molar-refractivity contribution is 5.99. The van der Waals surface area contributed by atoms with Crippen molar-refractivity contribution in [1.29, 1.82) is 0 Å². The van der Waals surface area contributed by atoms with Gasteiger partial charge in [-0.1, -0.05) is 0 Å². The molecule has 5 heteroatoms. The Morgan fingerprint density at radius 2 is 2.05 bits per heavy atom. The van der Waals surface area contributed by atoms with Gasteiger partial charge in [0.25, 0.3) is 5.91 Å². The summed E-state index contributed by atoms with van der Waals surface area (Å²) in [6, 6.07) is 3.61. The molecule has 0 saturated carbocycles. The van der Waals surface area contributed by atoms with Crippen LogP contribution in [0.2, 0.25) is 0 Å². The highest BCUT2D eigenvalue weighted by atomic mass is 16.5. The smallest absolute Gasteiger partial charge is 0.255 e. The minimum atomic E-state index is -0.255. The van der Waals surface area contributed by atoms with Gasteiger partial charge in [-0.3, -0.25) is 4.79 Å². The molecule has 0 radical (unpaired) electrons. The predicted octanol–water partition coefficient (Wildman–Crippen LogP) is 1.45. The first-order chi connectivity index (χ1) is 8.97. The largest absolute Gasteiger partial charge is 0.378 e. The molecule has 0 atom stereocenters. The van der Waals surface area contributed by atoms with Crippen LogP contribution >= 0.6 is 0 Å².